The molecule has 3 heterocycles. The van der Waals surface area contributed by atoms with Gasteiger partial charge in [0.2, 0.25) is 11.8 Å². The number of hydrogen-bond donors (Lipinski definition) is 1. The lowest BCUT2D eigenvalue weighted by Crippen LogP contribution is -2.51. The molecule has 0 spiro atoms. The van der Waals surface area contributed by atoms with Crippen molar-refractivity contribution >= 4 is 11.8 Å². The van der Waals surface area contributed by atoms with Crippen molar-refractivity contribution in [1.29, 1.82) is 0 Å². The summed E-state index contributed by atoms with van der Waals surface area (Å²) in [6, 6.07) is 16.9. The molecule has 0 unspecified atom stereocenters. The molecule has 2 amide bonds. The van der Waals surface area contributed by atoms with Gasteiger partial charge in [-0.15, -0.1) is 0 Å². The zero-order chi connectivity index (χ0) is 27.9. The number of aromatic nitrogens is 3. The lowest BCUT2D eigenvalue weighted by atomic mass is 9.94. The lowest BCUT2D eigenvalue weighted by molar-refractivity contribution is -0.139. The molecule has 40 heavy (non-hydrogen) atoms. The number of amides is 2. The number of hydrogen-bond acceptors (Lipinski definition) is 5. The van der Waals surface area contributed by atoms with E-state index in [0.29, 0.717) is 38.4 Å². The average molecular weight is 547 g/mol. The van der Waals surface area contributed by atoms with Crippen LogP contribution < -0.4 is 5.32 Å². The van der Waals surface area contributed by atoms with E-state index >= 15 is 0 Å². The summed E-state index contributed by atoms with van der Waals surface area (Å²) in [6.45, 7) is 6.09. The predicted molar refractivity (Wildman–Crippen MR) is 151 cm³/mol. The van der Waals surface area contributed by atoms with Crippen LogP contribution in [0.1, 0.15) is 68.1 Å². The van der Waals surface area contributed by atoms with Gasteiger partial charge in [-0.2, -0.15) is 5.10 Å². The molecule has 1 atom stereocenters. The summed E-state index contributed by atoms with van der Waals surface area (Å²) < 4.78 is 15.2. The maximum Gasteiger partial charge on any atom is 0.222 e. The summed E-state index contributed by atoms with van der Waals surface area (Å²) in [7, 11) is 0. The fourth-order valence-corrected chi connectivity index (χ4v) is 5.72. The van der Waals surface area contributed by atoms with Crippen molar-refractivity contribution in [2.45, 2.75) is 57.5 Å². The third-order valence-electron chi connectivity index (χ3n) is 8.12. The Kier molecular flexibility index (Phi) is 9.21. The van der Waals surface area contributed by atoms with Gasteiger partial charge in [0.25, 0.3) is 0 Å². The van der Waals surface area contributed by atoms with Crippen molar-refractivity contribution in [1.82, 2.24) is 29.9 Å². The van der Waals surface area contributed by atoms with Gasteiger partial charge in [0.05, 0.1) is 12.1 Å². The number of nitrogens with zero attached hydrogens (tertiary/aromatic N) is 5. The van der Waals surface area contributed by atoms with Gasteiger partial charge in [-0.3, -0.25) is 9.59 Å². The minimum Gasteiger partial charge on any atom is -0.349 e. The van der Waals surface area contributed by atoms with Gasteiger partial charge >= 0.3 is 0 Å². The molecule has 1 aromatic heterocycles. The van der Waals surface area contributed by atoms with Crippen LogP contribution in [0.2, 0.25) is 0 Å². The Balaban J connectivity index is 1.09. The van der Waals surface area contributed by atoms with E-state index in [0.717, 1.165) is 55.8 Å². The Morgan fingerprint density at radius 2 is 1.77 bits per heavy atom. The van der Waals surface area contributed by atoms with Crippen molar-refractivity contribution < 1.29 is 14.0 Å². The molecule has 5 rings (SSSR count). The molecule has 2 aliphatic heterocycles. The normalized spacial score (nSPS) is 17.4. The number of halogens is 1. The number of carbonyl (C=O) groups excluding carboxylic acids is 2. The van der Waals surface area contributed by atoms with Crippen LogP contribution in [0.25, 0.3) is 0 Å². The molecule has 2 aliphatic rings. The minimum atomic E-state index is -0.238. The summed E-state index contributed by atoms with van der Waals surface area (Å²) in [5, 5.41) is 7.98. The van der Waals surface area contributed by atoms with Crippen molar-refractivity contribution in [3.63, 3.8) is 0 Å². The number of piperidine rings is 1. The zero-order valence-corrected chi connectivity index (χ0v) is 23.2. The van der Waals surface area contributed by atoms with Crippen LogP contribution >= 0.6 is 0 Å². The largest absolute Gasteiger partial charge is 0.349 e. The first-order valence-electron chi connectivity index (χ1n) is 14.5. The van der Waals surface area contributed by atoms with E-state index in [1.54, 1.807) is 12.1 Å². The minimum absolute atomic E-state index is 0.0378. The maximum atomic E-state index is 13.2. The number of likely N-dealkylation sites (tertiary alicyclic amines) is 2. The first kappa shape index (κ1) is 28.0. The van der Waals surface area contributed by atoms with Gasteiger partial charge in [-0.1, -0.05) is 49.4 Å². The van der Waals surface area contributed by atoms with Gasteiger partial charge in [0.1, 0.15) is 12.1 Å². The molecule has 0 bridgehead atoms. The number of nitrogens with one attached hydrogen (secondary N) is 1. The fourth-order valence-electron chi connectivity index (χ4n) is 5.72. The molecular weight excluding hydrogens is 507 g/mol. The van der Waals surface area contributed by atoms with Crippen LogP contribution in [0.5, 0.6) is 0 Å². The smallest absolute Gasteiger partial charge is 0.222 e. The Morgan fingerprint density at radius 1 is 1.05 bits per heavy atom. The highest BCUT2D eigenvalue weighted by Gasteiger charge is 2.32. The number of carbonyl (C=O) groups is 2. The summed E-state index contributed by atoms with van der Waals surface area (Å²) in [4.78, 5) is 33.5. The van der Waals surface area contributed by atoms with Gasteiger partial charge < -0.3 is 15.1 Å². The maximum absolute atomic E-state index is 13.2. The molecule has 1 N–H and O–H groups in total. The number of rotatable bonds is 11. The van der Waals surface area contributed by atoms with Crippen LogP contribution in [0.3, 0.4) is 0 Å². The van der Waals surface area contributed by atoms with E-state index in [4.69, 9.17) is 5.10 Å². The second kappa shape index (κ2) is 13.2. The first-order valence-corrected chi connectivity index (χ1v) is 14.5. The molecule has 2 aromatic carbocycles. The van der Waals surface area contributed by atoms with Crippen LogP contribution in [0.15, 0.2) is 60.9 Å². The fraction of sp³-hybridized carbons (Fsp3) is 0.484. The summed E-state index contributed by atoms with van der Waals surface area (Å²) in [6.07, 6.45) is 6.23. The second-order valence-electron chi connectivity index (χ2n) is 11.1. The quantitative estimate of drug-likeness (QED) is 0.391. The molecule has 2 saturated heterocycles. The molecule has 8 nitrogen and oxygen atoms in total. The van der Waals surface area contributed by atoms with Crippen molar-refractivity contribution in [2.24, 2.45) is 5.92 Å². The van der Waals surface area contributed by atoms with E-state index < -0.39 is 0 Å². The van der Waals surface area contributed by atoms with Gasteiger partial charge in [0.15, 0.2) is 5.82 Å². The predicted octanol–water partition coefficient (Wildman–Crippen LogP) is 4.15. The topological polar surface area (TPSA) is 83.4 Å². The molecule has 0 saturated carbocycles. The highest BCUT2D eigenvalue weighted by Crippen LogP contribution is 2.25. The zero-order valence-electron chi connectivity index (χ0n) is 23.2. The standard InChI is InChI=1S/C31H39FN6O2/c1-2-31(40)37-20-24(21-37)19-30(39)34-28(25-6-4-3-5-7-25)14-17-36-15-12-27(13-16-36)38-22-33-29(35-38)18-23-8-10-26(32)11-9-23/h3-11,22,24,27-28H,2,12-21H2,1H3,(H,34,39)/t28-/m0/s1. The summed E-state index contributed by atoms with van der Waals surface area (Å²) in [5.41, 5.74) is 2.12. The lowest BCUT2D eigenvalue weighted by Gasteiger charge is -2.39. The van der Waals surface area contributed by atoms with Gasteiger partial charge in [-0.25, -0.2) is 14.1 Å². The van der Waals surface area contributed by atoms with E-state index in [9.17, 15) is 14.0 Å². The van der Waals surface area contributed by atoms with Crippen LogP contribution in [-0.4, -0.2) is 69.1 Å². The third-order valence-corrected chi connectivity index (χ3v) is 8.12. The molecular formula is C31H39FN6O2. The average Bonchev–Trinajstić information content (AvgIpc) is 3.43. The first-order chi connectivity index (χ1) is 19.5. The van der Waals surface area contributed by atoms with E-state index in [2.05, 4.69) is 27.3 Å². The summed E-state index contributed by atoms with van der Waals surface area (Å²) >= 11 is 0. The Labute approximate surface area is 235 Å². The third kappa shape index (κ3) is 7.33. The van der Waals surface area contributed by atoms with Gasteiger partial charge in [-0.05, 0) is 42.5 Å². The molecule has 212 valence electrons. The molecule has 9 heteroatoms. The van der Waals surface area contributed by atoms with E-state index in [1.165, 1.54) is 12.1 Å². The van der Waals surface area contributed by atoms with Crippen molar-refractivity contribution in [3.05, 3.63) is 83.7 Å². The summed E-state index contributed by atoms with van der Waals surface area (Å²) in [5.74, 6) is 0.986. The molecule has 0 aliphatic carbocycles. The Bertz CT molecular complexity index is 1250. The molecule has 3 aromatic rings. The highest BCUT2D eigenvalue weighted by molar-refractivity contribution is 5.79. The van der Waals surface area contributed by atoms with Crippen molar-refractivity contribution in [2.75, 3.05) is 32.7 Å². The van der Waals surface area contributed by atoms with Crippen LogP contribution in [-0.2, 0) is 16.0 Å². The molecule has 0 radical (unpaired) electrons. The monoisotopic (exact) mass is 546 g/mol. The number of benzene rings is 2. The second-order valence-corrected chi connectivity index (χ2v) is 11.1. The van der Waals surface area contributed by atoms with Gasteiger partial charge in [0, 0.05) is 57.9 Å². The van der Waals surface area contributed by atoms with Crippen LogP contribution in [0, 0.1) is 11.7 Å². The van der Waals surface area contributed by atoms with Crippen LogP contribution in [0.4, 0.5) is 4.39 Å². The highest BCUT2D eigenvalue weighted by atomic mass is 19.1. The Morgan fingerprint density at radius 3 is 2.48 bits per heavy atom. The van der Waals surface area contributed by atoms with Crippen molar-refractivity contribution in [3.8, 4) is 0 Å². The van der Waals surface area contributed by atoms with E-state index in [-0.39, 0.29) is 29.6 Å². The van der Waals surface area contributed by atoms with E-state index in [1.807, 2.05) is 41.0 Å². The Hall–Kier alpha value is -3.59. The molecule has 2 fully saturated rings. The SMILES string of the molecule is CCC(=O)N1CC(CC(=O)N[C@@H](CCN2CCC(n3cnc(Cc4ccc(F)cc4)n3)CC2)c2ccccc2)C1.